The maximum Gasteiger partial charge on any atom is 0.332 e. The number of hydrogen-bond donors (Lipinski definition) is 0. The Kier molecular flexibility index (Phi) is 4.15. The maximum absolute atomic E-state index is 12.3. The van der Waals surface area contributed by atoms with E-state index in [0.29, 0.717) is 0 Å². The lowest BCUT2D eigenvalue weighted by atomic mass is 10.3. The number of hydrogen-bond acceptors (Lipinski definition) is 4. The van der Waals surface area contributed by atoms with Crippen molar-refractivity contribution in [2.75, 3.05) is 7.05 Å². The molecule has 120 valence electrons. The number of likely N-dealkylation sites (N-methyl/N-ethyl adjacent to an activating group) is 1. The van der Waals surface area contributed by atoms with Gasteiger partial charge in [-0.1, -0.05) is 0 Å². The molecule has 1 amide bonds. The normalized spacial score (nSPS) is 11.4. The molecule has 0 unspecified atom stereocenters. The quantitative estimate of drug-likeness (QED) is 0.740. The Morgan fingerprint density at radius 3 is 2.41 bits per heavy atom. The van der Waals surface area contributed by atoms with E-state index >= 15 is 0 Å². The van der Waals surface area contributed by atoms with E-state index in [4.69, 9.17) is 11.6 Å². The smallest absolute Gasteiger partial charge is 0.332 e. The van der Waals surface area contributed by atoms with Crippen molar-refractivity contribution in [3.05, 3.63) is 26.1 Å². The standard InChI is InChI=1S/C13H18ClN5O3/c1-7(2)16(3)8(20)6-19-9-10(15-12(19)14)17(4)13(22)18(5)11(9)21/h7H,6H2,1-5H3. The van der Waals surface area contributed by atoms with Crippen LogP contribution in [0.4, 0.5) is 0 Å². The van der Waals surface area contributed by atoms with Crippen LogP contribution in [0.3, 0.4) is 0 Å². The van der Waals surface area contributed by atoms with Gasteiger partial charge < -0.3 is 4.90 Å². The van der Waals surface area contributed by atoms with Crippen LogP contribution in [-0.2, 0) is 25.4 Å². The van der Waals surface area contributed by atoms with E-state index in [1.807, 2.05) is 13.8 Å². The van der Waals surface area contributed by atoms with Crippen molar-refractivity contribution in [2.24, 2.45) is 14.1 Å². The summed E-state index contributed by atoms with van der Waals surface area (Å²) >= 11 is 6.06. The summed E-state index contributed by atoms with van der Waals surface area (Å²) in [6.45, 7) is 3.65. The van der Waals surface area contributed by atoms with Gasteiger partial charge in [0, 0.05) is 27.2 Å². The van der Waals surface area contributed by atoms with E-state index in [-0.39, 0.29) is 34.9 Å². The number of amides is 1. The maximum atomic E-state index is 12.3. The predicted octanol–water partition coefficient (Wildman–Crippen LogP) is -0.0461. The third kappa shape index (κ3) is 2.43. The lowest BCUT2D eigenvalue weighted by Crippen LogP contribution is -2.39. The highest BCUT2D eigenvalue weighted by molar-refractivity contribution is 6.29. The molecule has 0 spiro atoms. The van der Waals surface area contributed by atoms with Gasteiger partial charge in [0.05, 0.1) is 0 Å². The van der Waals surface area contributed by atoms with Gasteiger partial charge in [-0.15, -0.1) is 0 Å². The fraction of sp³-hybridized carbons (Fsp3) is 0.538. The molecule has 0 aromatic carbocycles. The van der Waals surface area contributed by atoms with Crippen LogP contribution in [0.1, 0.15) is 13.8 Å². The summed E-state index contributed by atoms with van der Waals surface area (Å²) < 4.78 is 3.53. The largest absolute Gasteiger partial charge is 0.342 e. The average molecular weight is 328 g/mol. The third-order valence-electron chi connectivity index (χ3n) is 3.76. The van der Waals surface area contributed by atoms with Crippen molar-refractivity contribution in [3.63, 3.8) is 0 Å². The number of halogens is 1. The van der Waals surface area contributed by atoms with Gasteiger partial charge in [-0.3, -0.25) is 23.3 Å². The molecular weight excluding hydrogens is 310 g/mol. The lowest BCUT2D eigenvalue weighted by molar-refractivity contribution is -0.131. The third-order valence-corrected chi connectivity index (χ3v) is 4.05. The molecule has 0 saturated heterocycles. The average Bonchev–Trinajstić information content (AvgIpc) is 2.79. The minimum absolute atomic E-state index is 0.00111. The summed E-state index contributed by atoms with van der Waals surface area (Å²) in [5.74, 6) is -0.202. The number of imidazole rings is 1. The number of aryl methyl sites for hydroxylation is 1. The molecule has 0 aliphatic carbocycles. The van der Waals surface area contributed by atoms with E-state index in [9.17, 15) is 14.4 Å². The SMILES string of the molecule is CC(C)N(C)C(=O)Cn1c(Cl)nc2c1c(=O)n(C)c(=O)n2C. The summed E-state index contributed by atoms with van der Waals surface area (Å²) in [4.78, 5) is 42.1. The number of carbonyl (C=O) groups excluding carboxylic acids is 1. The topological polar surface area (TPSA) is 82.1 Å². The summed E-state index contributed by atoms with van der Waals surface area (Å²) in [5.41, 5.74) is -0.722. The Morgan fingerprint density at radius 1 is 1.27 bits per heavy atom. The molecule has 0 saturated carbocycles. The van der Waals surface area contributed by atoms with Crippen LogP contribution in [0, 0.1) is 0 Å². The zero-order valence-electron chi connectivity index (χ0n) is 13.1. The van der Waals surface area contributed by atoms with E-state index in [1.165, 1.54) is 23.2 Å². The minimum atomic E-state index is -0.530. The minimum Gasteiger partial charge on any atom is -0.342 e. The zero-order valence-corrected chi connectivity index (χ0v) is 13.9. The van der Waals surface area contributed by atoms with Gasteiger partial charge in [0.15, 0.2) is 11.2 Å². The van der Waals surface area contributed by atoms with Gasteiger partial charge in [0.1, 0.15) is 6.54 Å². The molecule has 2 heterocycles. The Bertz CT molecular complexity index is 861. The van der Waals surface area contributed by atoms with Crippen molar-refractivity contribution >= 4 is 28.7 Å². The Hall–Kier alpha value is -2.09. The molecule has 0 aliphatic rings. The van der Waals surface area contributed by atoms with Crippen molar-refractivity contribution in [1.82, 2.24) is 23.6 Å². The predicted molar refractivity (Wildman–Crippen MR) is 83.1 cm³/mol. The molecule has 0 N–H and O–H groups in total. The van der Waals surface area contributed by atoms with Crippen LogP contribution in [0.5, 0.6) is 0 Å². The van der Waals surface area contributed by atoms with Crippen LogP contribution in [0.15, 0.2) is 9.59 Å². The first kappa shape index (κ1) is 16.3. The van der Waals surface area contributed by atoms with Gasteiger partial charge in [0.2, 0.25) is 11.2 Å². The highest BCUT2D eigenvalue weighted by atomic mass is 35.5. The zero-order chi connectivity index (χ0) is 16.8. The lowest BCUT2D eigenvalue weighted by Gasteiger charge is -2.21. The molecule has 0 bridgehead atoms. The first-order chi connectivity index (χ1) is 10.2. The number of carbonyl (C=O) groups is 1. The molecule has 22 heavy (non-hydrogen) atoms. The summed E-state index contributed by atoms with van der Waals surface area (Å²) in [6, 6.07) is 0.0215. The van der Waals surface area contributed by atoms with Crippen LogP contribution in [0.25, 0.3) is 11.2 Å². The number of aromatic nitrogens is 4. The van der Waals surface area contributed by atoms with Gasteiger partial charge in [-0.25, -0.2) is 4.79 Å². The van der Waals surface area contributed by atoms with Gasteiger partial charge in [-0.2, -0.15) is 4.98 Å². The molecule has 0 atom stereocenters. The first-order valence-electron chi connectivity index (χ1n) is 6.74. The fourth-order valence-corrected chi connectivity index (χ4v) is 2.32. The number of nitrogens with zero attached hydrogens (tertiary/aromatic N) is 5. The highest BCUT2D eigenvalue weighted by Gasteiger charge is 2.21. The molecule has 0 fully saturated rings. The second-order valence-corrected chi connectivity index (χ2v) is 5.78. The number of fused-ring (bicyclic) bond motifs is 1. The van der Waals surface area contributed by atoms with Crippen molar-refractivity contribution in [2.45, 2.75) is 26.4 Å². The Balaban J connectivity index is 2.66. The molecule has 0 aliphatic heterocycles. The molecule has 8 nitrogen and oxygen atoms in total. The van der Waals surface area contributed by atoms with Gasteiger partial charge >= 0.3 is 5.69 Å². The second kappa shape index (κ2) is 5.60. The molecule has 9 heteroatoms. The summed E-state index contributed by atoms with van der Waals surface area (Å²) in [5, 5.41) is -0.00111. The molecule has 2 aromatic heterocycles. The van der Waals surface area contributed by atoms with E-state index in [2.05, 4.69) is 4.98 Å². The van der Waals surface area contributed by atoms with E-state index < -0.39 is 11.2 Å². The van der Waals surface area contributed by atoms with Crippen molar-refractivity contribution < 1.29 is 4.79 Å². The first-order valence-corrected chi connectivity index (χ1v) is 7.12. The van der Waals surface area contributed by atoms with E-state index in [0.717, 1.165) is 4.57 Å². The Labute approximate surface area is 131 Å². The second-order valence-electron chi connectivity index (χ2n) is 5.44. The molecule has 2 aromatic rings. The monoisotopic (exact) mass is 327 g/mol. The molecule has 2 rings (SSSR count). The summed E-state index contributed by atoms with van der Waals surface area (Å²) in [6.07, 6.45) is 0. The number of rotatable bonds is 3. The van der Waals surface area contributed by atoms with Crippen LogP contribution >= 0.6 is 11.6 Å². The van der Waals surface area contributed by atoms with Crippen LogP contribution in [0.2, 0.25) is 5.28 Å². The van der Waals surface area contributed by atoms with Crippen molar-refractivity contribution in [1.29, 1.82) is 0 Å². The fourth-order valence-electron chi connectivity index (χ4n) is 2.10. The van der Waals surface area contributed by atoms with Gasteiger partial charge in [0.25, 0.3) is 5.56 Å². The van der Waals surface area contributed by atoms with Crippen LogP contribution < -0.4 is 11.2 Å². The highest BCUT2D eigenvalue weighted by Crippen LogP contribution is 2.16. The molecule has 0 radical (unpaired) electrons. The van der Waals surface area contributed by atoms with Gasteiger partial charge in [-0.05, 0) is 25.4 Å². The van der Waals surface area contributed by atoms with Crippen molar-refractivity contribution in [3.8, 4) is 0 Å². The van der Waals surface area contributed by atoms with E-state index in [1.54, 1.807) is 11.9 Å². The summed E-state index contributed by atoms with van der Waals surface area (Å²) in [7, 11) is 4.55. The molecular formula is C13H18ClN5O3. The van der Waals surface area contributed by atoms with Crippen LogP contribution in [-0.4, -0.2) is 42.6 Å². The Morgan fingerprint density at radius 2 is 1.86 bits per heavy atom.